The van der Waals surface area contributed by atoms with Crippen LogP contribution in [0.5, 0.6) is 0 Å². The summed E-state index contributed by atoms with van der Waals surface area (Å²) < 4.78 is 4.97. The Bertz CT molecular complexity index is 749. The number of carbonyl (C=O) groups is 3. The molecule has 0 saturated carbocycles. The third kappa shape index (κ3) is 5.84. The lowest BCUT2D eigenvalue weighted by Gasteiger charge is -2.08. The van der Waals surface area contributed by atoms with Crippen molar-refractivity contribution in [3.63, 3.8) is 0 Å². The number of hydrogen-bond donors (Lipinski definition) is 1. The van der Waals surface area contributed by atoms with Gasteiger partial charge in [-0.3, -0.25) is 9.59 Å². The molecular weight excluding hydrogens is 330 g/mol. The van der Waals surface area contributed by atoms with Crippen molar-refractivity contribution in [2.75, 3.05) is 13.2 Å². The molecule has 1 N–H and O–H groups in total. The molecule has 26 heavy (non-hydrogen) atoms. The molecule has 0 radical (unpaired) electrons. The molecule has 0 saturated heterocycles. The molecule has 0 spiro atoms. The number of rotatable bonds is 8. The maximum atomic E-state index is 11.8. The first kappa shape index (κ1) is 19.4. The monoisotopic (exact) mass is 353 g/mol. The van der Waals surface area contributed by atoms with Gasteiger partial charge in [-0.25, -0.2) is 4.79 Å². The molecule has 0 aromatic heterocycles. The van der Waals surface area contributed by atoms with Crippen molar-refractivity contribution in [2.45, 2.75) is 26.2 Å². The number of benzene rings is 2. The molecule has 0 atom stereocenters. The second-order valence-corrected chi connectivity index (χ2v) is 6.31. The van der Waals surface area contributed by atoms with Crippen LogP contribution in [0.4, 0.5) is 0 Å². The first-order chi connectivity index (χ1) is 12.5. The minimum Gasteiger partial charge on any atom is -0.452 e. The van der Waals surface area contributed by atoms with Crippen LogP contribution in [0.1, 0.15) is 51.6 Å². The van der Waals surface area contributed by atoms with Crippen LogP contribution in [0.15, 0.2) is 48.5 Å². The minimum absolute atomic E-state index is 0.300. The van der Waals surface area contributed by atoms with E-state index in [0.29, 0.717) is 36.3 Å². The molecule has 2 rings (SSSR count). The van der Waals surface area contributed by atoms with Crippen molar-refractivity contribution in [3.05, 3.63) is 70.8 Å². The maximum absolute atomic E-state index is 11.8. The van der Waals surface area contributed by atoms with E-state index in [1.54, 1.807) is 0 Å². The molecule has 0 bridgehead atoms. The largest absolute Gasteiger partial charge is 0.452 e. The quantitative estimate of drug-likeness (QED) is 0.584. The Morgan fingerprint density at radius 1 is 1.04 bits per heavy atom. The van der Waals surface area contributed by atoms with E-state index in [0.717, 1.165) is 5.56 Å². The van der Waals surface area contributed by atoms with Gasteiger partial charge in [0.1, 0.15) is 6.29 Å². The van der Waals surface area contributed by atoms with Crippen molar-refractivity contribution >= 4 is 18.2 Å². The predicted molar refractivity (Wildman–Crippen MR) is 99.4 cm³/mol. The van der Waals surface area contributed by atoms with Gasteiger partial charge < -0.3 is 10.1 Å². The van der Waals surface area contributed by atoms with Gasteiger partial charge in [0.15, 0.2) is 6.61 Å². The smallest absolute Gasteiger partial charge is 0.338 e. The number of carbonyl (C=O) groups excluding carboxylic acids is 3. The number of amides is 1. The summed E-state index contributed by atoms with van der Waals surface area (Å²) in [5.41, 5.74) is 3.20. The highest BCUT2D eigenvalue weighted by molar-refractivity contribution is 5.92. The highest BCUT2D eigenvalue weighted by Crippen LogP contribution is 2.14. The van der Waals surface area contributed by atoms with Crippen LogP contribution in [-0.4, -0.2) is 31.3 Å². The first-order valence-electron chi connectivity index (χ1n) is 8.57. The van der Waals surface area contributed by atoms with Gasteiger partial charge >= 0.3 is 5.97 Å². The van der Waals surface area contributed by atoms with Crippen LogP contribution in [0.2, 0.25) is 0 Å². The normalized spacial score (nSPS) is 10.4. The fraction of sp³-hybridized carbons (Fsp3) is 0.286. The van der Waals surface area contributed by atoms with Crippen LogP contribution in [-0.2, 0) is 16.0 Å². The summed E-state index contributed by atoms with van der Waals surface area (Å²) in [4.78, 5) is 34.2. The average Bonchev–Trinajstić information content (AvgIpc) is 2.66. The van der Waals surface area contributed by atoms with E-state index in [2.05, 4.69) is 43.4 Å². The van der Waals surface area contributed by atoms with Gasteiger partial charge in [-0.1, -0.05) is 50.2 Å². The molecule has 5 heteroatoms. The lowest BCUT2D eigenvalue weighted by molar-refractivity contribution is -0.124. The Labute approximate surface area is 153 Å². The molecule has 0 heterocycles. The summed E-state index contributed by atoms with van der Waals surface area (Å²) in [7, 11) is 0. The second kappa shape index (κ2) is 9.51. The van der Waals surface area contributed by atoms with Gasteiger partial charge in [0.25, 0.3) is 5.91 Å². The zero-order valence-corrected chi connectivity index (χ0v) is 15.0. The summed E-state index contributed by atoms with van der Waals surface area (Å²) in [5.74, 6) is -0.448. The summed E-state index contributed by atoms with van der Waals surface area (Å²) in [6.07, 6.45) is 1.41. The summed E-state index contributed by atoms with van der Waals surface area (Å²) in [6.45, 7) is 4.44. The highest BCUT2D eigenvalue weighted by atomic mass is 16.5. The molecule has 0 aliphatic heterocycles. The summed E-state index contributed by atoms with van der Waals surface area (Å²) in [6, 6.07) is 14.3. The number of esters is 1. The van der Waals surface area contributed by atoms with Crippen molar-refractivity contribution in [2.24, 2.45) is 0 Å². The molecule has 1 amide bonds. The van der Waals surface area contributed by atoms with Gasteiger partial charge in [0.2, 0.25) is 0 Å². The molecule has 0 aliphatic rings. The van der Waals surface area contributed by atoms with E-state index in [1.165, 1.54) is 29.8 Å². The second-order valence-electron chi connectivity index (χ2n) is 6.31. The Morgan fingerprint density at radius 3 is 2.27 bits per heavy atom. The van der Waals surface area contributed by atoms with E-state index in [-0.39, 0.29) is 12.5 Å². The van der Waals surface area contributed by atoms with Gasteiger partial charge in [0.05, 0.1) is 5.56 Å². The van der Waals surface area contributed by atoms with E-state index >= 15 is 0 Å². The fourth-order valence-electron chi connectivity index (χ4n) is 2.38. The Kier molecular flexibility index (Phi) is 7.09. The number of nitrogens with one attached hydrogen (secondary N) is 1. The zero-order chi connectivity index (χ0) is 18.9. The van der Waals surface area contributed by atoms with E-state index in [4.69, 9.17) is 4.74 Å². The third-order valence-electron chi connectivity index (χ3n) is 4.00. The topological polar surface area (TPSA) is 72.5 Å². The van der Waals surface area contributed by atoms with Crippen molar-refractivity contribution in [3.8, 4) is 0 Å². The van der Waals surface area contributed by atoms with Crippen LogP contribution >= 0.6 is 0 Å². The average molecular weight is 353 g/mol. The maximum Gasteiger partial charge on any atom is 0.338 e. The van der Waals surface area contributed by atoms with Gasteiger partial charge in [-0.2, -0.15) is 0 Å². The van der Waals surface area contributed by atoms with Gasteiger partial charge in [-0.15, -0.1) is 0 Å². The Balaban J connectivity index is 1.71. The predicted octanol–water partition coefficient (Wildman–Crippen LogP) is 3.14. The minimum atomic E-state index is -0.595. The van der Waals surface area contributed by atoms with Crippen molar-refractivity contribution < 1.29 is 19.1 Å². The van der Waals surface area contributed by atoms with Crippen LogP contribution in [0.25, 0.3) is 0 Å². The third-order valence-corrected chi connectivity index (χ3v) is 4.00. The van der Waals surface area contributed by atoms with Crippen molar-refractivity contribution in [1.82, 2.24) is 5.32 Å². The number of hydrogen-bond acceptors (Lipinski definition) is 4. The zero-order valence-electron chi connectivity index (χ0n) is 15.0. The first-order valence-corrected chi connectivity index (χ1v) is 8.57. The summed E-state index contributed by atoms with van der Waals surface area (Å²) in [5, 5.41) is 2.73. The lowest BCUT2D eigenvalue weighted by atomic mass is 10.0. The molecular formula is C21H23NO4. The SMILES string of the molecule is CC(C)c1ccc(CCNC(=O)COC(=O)c2ccc(C=O)cc2)cc1. The summed E-state index contributed by atoms with van der Waals surface area (Å²) >= 11 is 0. The standard InChI is InChI=1S/C21H23NO4/c1-15(2)18-7-3-16(4-8-18)11-12-22-20(24)14-26-21(25)19-9-5-17(13-23)6-10-19/h3-10,13,15H,11-12,14H2,1-2H3,(H,22,24). The van der Waals surface area contributed by atoms with E-state index < -0.39 is 5.97 Å². The Hall–Kier alpha value is -2.95. The number of aldehydes is 1. The van der Waals surface area contributed by atoms with Gasteiger partial charge in [0, 0.05) is 12.1 Å². The fourth-order valence-corrected chi connectivity index (χ4v) is 2.38. The molecule has 2 aromatic carbocycles. The molecule has 0 unspecified atom stereocenters. The van der Waals surface area contributed by atoms with Crippen LogP contribution in [0, 0.1) is 0 Å². The van der Waals surface area contributed by atoms with E-state index in [9.17, 15) is 14.4 Å². The van der Waals surface area contributed by atoms with Crippen molar-refractivity contribution in [1.29, 1.82) is 0 Å². The lowest BCUT2D eigenvalue weighted by Crippen LogP contribution is -2.30. The Morgan fingerprint density at radius 2 is 1.69 bits per heavy atom. The number of ether oxygens (including phenoxy) is 1. The van der Waals surface area contributed by atoms with E-state index in [1.807, 2.05) is 0 Å². The highest BCUT2D eigenvalue weighted by Gasteiger charge is 2.10. The molecule has 0 aliphatic carbocycles. The van der Waals surface area contributed by atoms with Crippen LogP contribution in [0.3, 0.4) is 0 Å². The molecule has 5 nitrogen and oxygen atoms in total. The van der Waals surface area contributed by atoms with Gasteiger partial charge in [-0.05, 0) is 35.6 Å². The molecule has 2 aromatic rings. The molecule has 136 valence electrons. The van der Waals surface area contributed by atoms with Crippen LogP contribution < -0.4 is 5.32 Å². The molecule has 0 fully saturated rings.